The van der Waals surface area contributed by atoms with E-state index in [4.69, 9.17) is 15.2 Å². The van der Waals surface area contributed by atoms with Gasteiger partial charge in [0.1, 0.15) is 0 Å². The Hall–Kier alpha value is -1.53. The quantitative estimate of drug-likeness (QED) is 0.642. The molecule has 6 heteroatoms. The van der Waals surface area contributed by atoms with Gasteiger partial charge in [0, 0.05) is 17.3 Å². The van der Waals surface area contributed by atoms with Crippen molar-refractivity contribution in [1.29, 1.82) is 0 Å². The van der Waals surface area contributed by atoms with Crippen LogP contribution in [0.4, 0.5) is 0 Å². The molecule has 0 bridgehead atoms. The van der Waals surface area contributed by atoms with Crippen LogP contribution >= 0.6 is 11.8 Å². The molecule has 1 saturated heterocycles. The van der Waals surface area contributed by atoms with Crippen LogP contribution in [0.15, 0.2) is 29.2 Å². The van der Waals surface area contributed by atoms with Crippen molar-refractivity contribution in [2.45, 2.75) is 36.9 Å². The van der Waals surface area contributed by atoms with Gasteiger partial charge in [-0.1, -0.05) is 12.1 Å². The van der Waals surface area contributed by atoms with Gasteiger partial charge in [-0.15, -0.1) is 11.8 Å². The molecule has 0 unspecified atom stereocenters. The Morgan fingerprint density at radius 1 is 1.48 bits per heavy atom. The molecule has 1 aliphatic heterocycles. The number of amides is 1. The maximum Gasteiger partial charge on any atom is 0.340 e. The van der Waals surface area contributed by atoms with Gasteiger partial charge in [0.05, 0.1) is 11.7 Å². The van der Waals surface area contributed by atoms with E-state index in [1.807, 2.05) is 12.1 Å². The zero-order valence-electron chi connectivity index (χ0n) is 11.9. The maximum absolute atomic E-state index is 12.1. The number of hydrogen-bond acceptors (Lipinski definition) is 5. The van der Waals surface area contributed by atoms with Crippen molar-refractivity contribution >= 4 is 23.6 Å². The Morgan fingerprint density at radius 3 is 2.90 bits per heavy atom. The van der Waals surface area contributed by atoms with Crippen LogP contribution in [-0.2, 0) is 14.3 Å². The van der Waals surface area contributed by atoms with Crippen molar-refractivity contribution in [3.05, 3.63) is 29.8 Å². The van der Waals surface area contributed by atoms with E-state index in [-0.39, 0.29) is 6.10 Å². The van der Waals surface area contributed by atoms with Gasteiger partial charge >= 0.3 is 5.97 Å². The number of benzene rings is 1. The van der Waals surface area contributed by atoms with E-state index in [1.165, 1.54) is 6.92 Å². The molecule has 0 spiro atoms. The van der Waals surface area contributed by atoms with Crippen molar-refractivity contribution in [2.75, 3.05) is 12.4 Å². The Labute approximate surface area is 128 Å². The number of esters is 1. The zero-order chi connectivity index (χ0) is 15.2. The second kappa shape index (κ2) is 7.47. The summed E-state index contributed by atoms with van der Waals surface area (Å²) in [5.74, 6) is -0.389. The summed E-state index contributed by atoms with van der Waals surface area (Å²) in [6.45, 7) is 2.27. The molecule has 2 N–H and O–H groups in total. The molecule has 0 aromatic heterocycles. The minimum absolute atomic E-state index is 0.239. The monoisotopic (exact) mass is 309 g/mol. The molecule has 0 radical (unpaired) electrons. The summed E-state index contributed by atoms with van der Waals surface area (Å²) in [7, 11) is 0. The lowest BCUT2D eigenvalue weighted by Gasteiger charge is -2.13. The van der Waals surface area contributed by atoms with E-state index in [0.29, 0.717) is 5.56 Å². The lowest BCUT2D eigenvalue weighted by atomic mass is 10.2. The van der Waals surface area contributed by atoms with Gasteiger partial charge in [0.25, 0.3) is 5.91 Å². The Kier molecular flexibility index (Phi) is 5.64. The number of carbonyl (C=O) groups excluding carboxylic acids is 2. The summed E-state index contributed by atoms with van der Waals surface area (Å²) in [5, 5.41) is 0. The van der Waals surface area contributed by atoms with Crippen LogP contribution in [0.25, 0.3) is 0 Å². The Morgan fingerprint density at radius 2 is 2.24 bits per heavy atom. The molecule has 0 saturated carbocycles. The third-order valence-corrected chi connectivity index (χ3v) is 4.45. The van der Waals surface area contributed by atoms with Crippen LogP contribution in [0.3, 0.4) is 0 Å². The van der Waals surface area contributed by atoms with Crippen LogP contribution in [0, 0.1) is 0 Å². The number of hydrogen-bond donors (Lipinski definition) is 1. The molecule has 2 atom stereocenters. The van der Waals surface area contributed by atoms with Gasteiger partial charge in [-0.2, -0.15) is 0 Å². The molecule has 21 heavy (non-hydrogen) atoms. The number of thioether (sulfide) groups is 1. The number of primary amides is 1. The molecule has 2 rings (SSSR count). The van der Waals surface area contributed by atoms with Crippen LogP contribution in [0.5, 0.6) is 0 Å². The zero-order valence-corrected chi connectivity index (χ0v) is 12.7. The molecular weight excluding hydrogens is 290 g/mol. The summed E-state index contributed by atoms with van der Waals surface area (Å²) < 4.78 is 10.6. The second-order valence-electron chi connectivity index (χ2n) is 4.89. The lowest BCUT2D eigenvalue weighted by molar-refractivity contribution is -0.125. The summed E-state index contributed by atoms with van der Waals surface area (Å²) in [4.78, 5) is 23.9. The van der Waals surface area contributed by atoms with E-state index >= 15 is 0 Å². The average Bonchev–Trinajstić information content (AvgIpc) is 2.98. The maximum atomic E-state index is 12.1. The highest BCUT2D eigenvalue weighted by Gasteiger charge is 2.20. The third kappa shape index (κ3) is 4.47. The smallest absolute Gasteiger partial charge is 0.340 e. The van der Waals surface area contributed by atoms with Crippen LogP contribution in [0.1, 0.15) is 30.1 Å². The van der Waals surface area contributed by atoms with Crippen molar-refractivity contribution in [1.82, 2.24) is 0 Å². The summed E-state index contributed by atoms with van der Waals surface area (Å²) in [5.41, 5.74) is 5.56. The first-order valence-electron chi connectivity index (χ1n) is 6.91. The van der Waals surface area contributed by atoms with E-state index < -0.39 is 18.0 Å². The summed E-state index contributed by atoms with van der Waals surface area (Å²) >= 11 is 1.57. The molecule has 0 aliphatic carbocycles. The summed E-state index contributed by atoms with van der Waals surface area (Å²) in [6, 6.07) is 7.19. The highest BCUT2D eigenvalue weighted by molar-refractivity contribution is 7.99. The molecule has 1 fully saturated rings. The molecule has 1 amide bonds. The summed E-state index contributed by atoms with van der Waals surface area (Å²) in [6.07, 6.45) is 1.45. The van der Waals surface area contributed by atoms with Gasteiger partial charge in [-0.05, 0) is 31.9 Å². The lowest BCUT2D eigenvalue weighted by Crippen LogP contribution is -2.30. The van der Waals surface area contributed by atoms with Crippen molar-refractivity contribution < 1.29 is 19.1 Å². The van der Waals surface area contributed by atoms with Gasteiger partial charge in [0.15, 0.2) is 6.10 Å². The largest absolute Gasteiger partial charge is 0.449 e. The van der Waals surface area contributed by atoms with Gasteiger partial charge < -0.3 is 15.2 Å². The highest BCUT2D eigenvalue weighted by atomic mass is 32.2. The first kappa shape index (κ1) is 15.9. The highest BCUT2D eigenvalue weighted by Crippen LogP contribution is 2.27. The van der Waals surface area contributed by atoms with Gasteiger partial charge in [-0.25, -0.2) is 4.79 Å². The third-order valence-electron chi connectivity index (χ3n) is 3.24. The molecule has 1 aliphatic rings. The average molecular weight is 309 g/mol. The fraction of sp³-hybridized carbons (Fsp3) is 0.467. The minimum atomic E-state index is -0.936. The predicted octanol–water partition coefficient (Wildman–Crippen LogP) is 1.99. The van der Waals surface area contributed by atoms with Gasteiger partial charge in [-0.3, -0.25) is 4.79 Å². The first-order chi connectivity index (χ1) is 10.1. The SMILES string of the molecule is C[C@H](OC(=O)c1ccccc1SC[C@@H]1CCCO1)C(N)=O. The molecule has 1 heterocycles. The molecule has 1 aromatic rings. The van der Waals surface area contributed by atoms with Crippen molar-refractivity contribution in [3.63, 3.8) is 0 Å². The molecule has 114 valence electrons. The van der Waals surface area contributed by atoms with Crippen molar-refractivity contribution in [3.8, 4) is 0 Å². The van der Waals surface area contributed by atoms with Gasteiger partial charge in [0.2, 0.25) is 0 Å². The molecule has 5 nitrogen and oxygen atoms in total. The first-order valence-corrected chi connectivity index (χ1v) is 7.90. The standard InChI is InChI=1S/C15H19NO4S/c1-10(14(16)17)20-15(18)12-6-2-3-7-13(12)21-9-11-5-4-8-19-11/h2-3,6-7,10-11H,4-5,8-9H2,1H3,(H2,16,17)/t10-,11-/m0/s1. The molecular formula is C15H19NO4S. The fourth-order valence-corrected chi connectivity index (χ4v) is 3.11. The van der Waals surface area contributed by atoms with E-state index in [9.17, 15) is 9.59 Å². The van der Waals surface area contributed by atoms with Crippen LogP contribution in [-0.4, -0.2) is 36.4 Å². The molecule has 1 aromatic carbocycles. The Bertz CT molecular complexity index is 514. The van der Waals surface area contributed by atoms with Crippen LogP contribution < -0.4 is 5.73 Å². The Balaban J connectivity index is 2.01. The number of carbonyl (C=O) groups is 2. The van der Waals surface area contributed by atoms with Crippen molar-refractivity contribution in [2.24, 2.45) is 5.73 Å². The number of rotatable bonds is 6. The van der Waals surface area contributed by atoms with Crippen LogP contribution in [0.2, 0.25) is 0 Å². The number of nitrogens with two attached hydrogens (primary N) is 1. The predicted molar refractivity (Wildman–Crippen MR) is 80.2 cm³/mol. The van der Waals surface area contributed by atoms with E-state index in [2.05, 4.69) is 0 Å². The van der Waals surface area contributed by atoms with E-state index in [0.717, 1.165) is 30.1 Å². The normalized spacial score (nSPS) is 19.2. The number of ether oxygens (including phenoxy) is 2. The minimum Gasteiger partial charge on any atom is -0.449 e. The fourth-order valence-electron chi connectivity index (χ4n) is 2.00. The second-order valence-corrected chi connectivity index (χ2v) is 5.95. The topological polar surface area (TPSA) is 78.6 Å². The van der Waals surface area contributed by atoms with E-state index in [1.54, 1.807) is 23.9 Å².